The third-order valence-electron chi connectivity index (χ3n) is 7.61. The Morgan fingerprint density at radius 1 is 1.00 bits per heavy atom. The van der Waals surface area contributed by atoms with Crippen LogP contribution in [0.1, 0.15) is 41.7 Å². The molecule has 3 aromatic heterocycles. The van der Waals surface area contributed by atoms with Gasteiger partial charge in [0, 0.05) is 31.2 Å². The summed E-state index contributed by atoms with van der Waals surface area (Å²) in [6.45, 7) is 2.45. The lowest BCUT2D eigenvalue weighted by Crippen LogP contribution is -2.39. The van der Waals surface area contributed by atoms with E-state index in [0.717, 1.165) is 48.1 Å². The molecule has 1 aliphatic carbocycles. The molecule has 0 unspecified atom stereocenters. The highest BCUT2D eigenvalue weighted by Gasteiger charge is 2.25. The van der Waals surface area contributed by atoms with Crippen LogP contribution in [-0.4, -0.2) is 35.8 Å². The summed E-state index contributed by atoms with van der Waals surface area (Å²) in [6.07, 6.45) is 8.76. The van der Waals surface area contributed by atoms with Gasteiger partial charge in [0.2, 0.25) is 0 Å². The number of nitrogens with zero attached hydrogens (tertiary/aromatic N) is 5. The highest BCUT2D eigenvalue weighted by atomic mass is 35.5. The van der Waals surface area contributed by atoms with E-state index in [1.807, 2.05) is 72.3 Å². The number of hydrogen-bond donors (Lipinski definition) is 1. The van der Waals surface area contributed by atoms with Gasteiger partial charge in [-0.15, -0.1) is 0 Å². The Labute approximate surface area is 230 Å². The Balaban J connectivity index is 1.20. The van der Waals surface area contributed by atoms with Crippen molar-refractivity contribution in [2.75, 3.05) is 0 Å². The van der Waals surface area contributed by atoms with Crippen molar-refractivity contribution in [1.29, 1.82) is 0 Å². The van der Waals surface area contributed by atoms with E-state index in [4.69, 9.17) is 11.6 Å². The highest BCUT2D eigenvalue weighted by Crippen LogP contribution is 2.28. The largest absolute Gasteiger partial charge is 0.349 e. The number of pyridine rings is 1. The number of hydrogen-bond acceptors (Lipinski definition) is 4. The SMILES string of the molecule is Cc1ncc(Cl)cc1C(=O)NC1CCC(Cn2c(=O)n(-c3cccc(-n4cccn4)c3)c3ccccc32)CC1. The van der Waals surface area contributed by atoms with Gasteiger partial charge in [-0.1, -0.05) is 29.8 Å². The molecular formula is C30H29ClN6O2. The maximum atomic E-state index is 13.8. The van der Waals surface area contributed by atoms with Crippen molar-refractivity contribution in [3.8, 4) is 11.4 Å². The Morgan fingerprint density at radius 2 is 1.77 bits per heavy atom. The summed E-state index contributed by atoms with van der Waals surface area (Å²) in [7, 11) is 0. The van der Waals surface area contributed by atoms with E-state index in [-0.39, 0.29) is 17.6 Å². The molecule has 1 aliphatic rings. The number of imidazole rings is 1. The number of carbonyl (C=O) groups excluding carboxylic acids is 1. The molecule has 0 saturated heterocycles. The predicted octanol–water partition coefficient (Wildman–Crippen LogP) is 5.32. The molecule has 8 nitrogen and oxygen atoms in total. The van der Waals surface area contributed by atoms with E-state index in [0.29, 0.717) is 28.7 Å². The van der Waals surface area contributed by atoms with Gasteiger partial charge in [-0.05, 0) is 81.0 Å². The van der Waals surface area contributed by atoms with Crippen molar-refractivity contribution in [2.24, 2.45) is 5.92 Å². The second kappa shape index (κ2) is 10.5. The van der Waals surface area contributed by atoms with Crippen molar-refractivity contribution < 1.29 is 4.79 Å². The standard InChI is InChI=1S/C30H29ClN6O2/c1-20-26(16-22(31)18-32-20)29(38)34-23-12-10-21(11-13-23)19-35-27-8-2-3-9-28(27)37(30(35)39)25-7-4-6-24(17-25)36-15-5-14-33-36/h2-9,14-18,21,23H,10-13,19H2,1H3,(H,34,38). The van der Waals surface area contributed by atoms with Gasteiger partial charge < -0.3 is 5.32 Å². The summed E-state index contributed by atoms with van der Waals surface area (Å²) < 4.78 is 5.48. The normalized spacial score (nSPS) is 17.4. The number of halogens is 1. The lowest BCUT2D eigenvalue weighted by molar-refractivity contribution is 0.0919. The van der Waals surface area contributed by atoms with Crippen LogP contribution in [0.5, 0.6) is 0 Å². The van der Waals surface area contributed by atoms with Gasteiger partial charge in [0.25, 0.3) is 5.91 Å². The molecule has 1 fully saturated rings. The van der Waals surface area contributed by atoms with Crippen molar-refractivity contribution in [2.45, 2.75) is 45.2 Å². The molecule has 9 heteroatoms. The van der Waals surface area contributed by atoms with Crippen molar-refractivity contribution in [3.63, 3.8) is 0 Å². The molecule has 198 valence electrons. The van der Waals surface area contributed by atoms with Crippen molar-refractivity contribution in [3.05, 3.63) is 106 Å². The average Bonchev–Trinajstić information content (AvgIpc) is 3.58. The molecular weight excluding hydrogens is 512 g/mol. The monoisotopic (exact) mass is 540 g/mol. The summed E-state index contributed by atoms with van der Waals surface area (Å²) in [4.78, 5) is 30.8. The van der Waals surface area contributed by atoms with E-state index in [2.05, 4.69) is 15.4 Å². The minimum absolute atomic E-state index is 0.0480. The number of aromatic nitrogens is 5. The van der Waals surface area contributed by atoms with Gasteiger partial charge in [-0.3, -0.25) is 18.9 Å². The highest BCUT2D eigenvalue weighted by molar-refractivity contribution is 6.30. The molecule has 1 amide bonds. The number of amides is 1. The summed E-state index contributed by atoms with van der Waals surface area (Å²) >= 11 is 6.05. The van der Waals surface area contributed by atoms with Crippen molar-refractivity contribution in [1.82, 2.24) is 29.2 Å². The summed E-state index contributed by atoms with van der Waals surface area (Å²) in [5, 5.41) is 7.93. The van der Waals surface area contributed by atoms with Crippen LogP contribution >= 0.6 is 11.6 Å². The second-order valence-corrected chi connectivity index (χ2v) is 10.6. The Morgan fingerprint density at radius 3 is 2.54 bits per heavy atom. The zero-order valence-electron chi connectivity index (χ0n) is 21.6. The Hall–Kier alpha value is -4.17. The van der Waals surface area contributed by atoms with E-state index in [1.54, 1.807) is 27.7 Å². The number of aryl methyl sites for hydroxylation is 1. The van der Waals surface area contributed by atoms with Crippen LogP contribution in [0.2, 0.25) is 5.02 Å². The number of carbonyl (C=O) groups is 1. The molecule has 0 bridgehead atoms. The quantitative estimate of drug-likeness (QED) is 0.316. The fourth-order valence-electron chi connectivity index (χ4n) is 5.58. The number of para-hydroxylation sites is 2. The molecule has 6 rings (SSSR count). The molecule has 39 heavy (non-hydrogen) atoms. The fraction of sp³-hybridized carbons (Fsp3) is 0.267. The van der Waals surface area contributed by atoms with Crippen molar-refractivity contribution >= 4 is 28.5 Å². The van der Waals surface area contributed by atoms with Gasteiger partial charge >= 0.3 is 5.69 Å². The van der Waals surface area contributed by atoms with Crippen LogP contribution in [0.25, 0.3) is 22.4 Å². The predicted molar refractivity (Wildman–Crippen MR) is 152 cm³/mol. The maximum absolute atomic E-state index is 13.8. The minimum atomic E-state index is -0.136. The molecule has 1 saturated carbocycles. The Kier molecular flexibility index (Phi) is 6.79. The van der Waals surface area contributed by atoms with Gasteiger partial charge in [-0.2, -0.15) is 5.10 Å². The lowest BCUT2D eigenvalue weighted by Gasteiger charge is -2.29. The third-order valence-corrected chi connectivity index (χ3v) is 7.82. The van der Waals surface area contributed by atoms with Gasteiger partial charge in [-0.25, -0.2) is 9.48 Å². The first-order chi connectivity index (χ1) is 19.0. The maximum Gasteiger partial charge on any atom is 0.333 e. The van der Waals surface area contributed by atoms with Gasteiger partial charge in [0.05, 0.1) is 38.7 Å². The zero-order chi connectivity index (χ0) is 26.9. The van der Waals surface area contributed by atoms with Crippen LogP contribution in [0, 0.1) is 12.8 Å². The minimum Gasteiger partial charge on any atom is -0.349 e. The molecule has 1 N–H and O–H groups in total. The second-order valence-electron chi connectivity index (χ2n) is 10.2. The fourth-order valence-corrected chi connectivity index (χ4v) is 5.74. The molecule has 5 aromatic rings. The van der Waals surface area contributed by atoms with Crippen LogP contribution in [-0.2, 0) is 6.54 Å². The first-order valence-corrected chi connectivity index (χ1v) is 13.6. The molecule has 0 radical (unpaired) electrons. The zero-order valence-corrected chi connectivity index (χ0v) is 22.4. The number of benzene rings is 2. The Bertz CT molecular complexity index is 1700. The topological polar surface area (TPSA) is 86.7 Å². The third kappa shape index (κ3) is 5.00. The van der Waals surface area contributed by atoms with Crippen LogP contribution < -0.4 is 11.0 Å². The molecule has 0 aliphatic heterocycles. The lowest BCUT2D eigenvalue weighted by atomic mass is 9.85. The number of nitrogens with one attached hydrogen (secondary N) is 1. The van der Waals surface area contributed by atoms with Gasteiger partial charge in [0.15, 0.2) is 0 Å². The summed E-state index contributed by atoms with van der Waals surface area (Å²) in [5.74, 6) is 0.211. The molecule has 0 spiro atoms. The van der Waals surface area contributed by atoms with Crippen LogP contribution in [0.4, 0.5) is 0 Å². The van der Waals surface area contributed by atoms with E-state index in [1.165, 1.54) is 0 Å². The van der Waals surface area contributed by atoms with Crippen LogP contribution in [0.15, 0.2) is 84.0 Å². The van der Waals surface area contributed by atoms with E-state index < -0.39 is 0 Å². The molecule has 3 heterocycles. The first kappa shape index (κ1) is 25.1. The van der Waals surface area contributed by atoms with Gasteiger partial charge in [0.1, 0.15) is 0 Å². The average molecular weight is 541 g/mol. The van der Waals surface area contributed by atoms with E-state index >= 15 is 0 Å². The summed E-state index contributed by atoms with van der Waals surface area (Å²) in [5.41, 5.74) is 4.63. The first-order valence-electron chi connectivity index (χ1n) is 13.2. The number of rotatable bonds is 6. The number of fused-ring (bicyclic) bond motifs is 1. The summed E-state index contributed by atoms with van der Waals surface area (Å²) in [6, 6.07) is 19.4. The van der Waals surface area contributed by atoms with Crippen LogP contribution in [0.3, 0.4) is 0 Å². The smallest absolute Gasteiger partial charge is 0.333 e. The molecule has 0 atom stereocenters. The molecule has 2 aromatic carbocycles. The van der Waals surface area contributed by atoms with E-state index in [9.17, 15) is 9.59 Å².